The van der Waals surface area contributed by atoms with Crippen LogP contribution in [0.5, 0.6) is 11.5 Å². The molecular formula is C24H23NO4. The minimum Gasteiger partial charge on any atom is -0.493 e. The number of carboxylic acids is 1. The Morgan fingerprint density at radius 1 is 1.03 bits per heavy atom. The van der Waals surface area contributed by atoms with Crippen LogP contribution >= 0.6 is 0 Å². The fraction of sp³-hybridized carbons (Fsp3) is 0.167. The van der Waals surface area contributed by atoms with Crippen molar-refractivity contribution in [3.63, 3.8) is 0 Å². The second-order valence-electron chi connectivity index (χ2n) is 6.41. The van der Waals surface area contributed by atoms with E-state index < -0.39 is 5.97 Å². The van der Waals surface area contributed by atoms with Crippen LogP contribution in [0, 0.1) is 0 Å². The number of ether oxygens (including phenoxy) is 2. The number of benzene rings is 3. The number of aryl methyl sites for hydroxylation is 1. The van der Waals surface area contributed by atoms with Gasteiger partial charge in [-0.05, 0) is 47.9 Å². The summed E-state index contributed by atoms with van der Waals surface area (Å²) in [4.78, 5) is 15.6. The van der Waals surface area contributed by atoms with E-state index in [2.05, 4.69) is 18.0 Å². The first kappa shape index (κ1) is 20.1. The van der Waals surface area contributed by atoms with Gasteiger partial charge in [-0.25, -0.2) is 4.79 Å². The Labute approximate surface area is 170 Å². The normalized spacial score (nSPS) is 10.8. The fourth-order valence-corrected chi connectivity index (χ4v) is 2.92. The molecule has 0 fully saturated rings. The van der Waals surface area contributed by atoms with Crippen molar-refractivity contribution in [2.75, 3.05) is 7.11 Å². The van der Waals surface area contributed by atoms with Crippen LogP contribution in [0.4, 0.5) is 5.69 Å². The Balaban J connectivity index is 1.84. The van der Waals surface area contributed by atoms with Gasteiger partial charge in [0.1, 0.15) is 6.61 Å². The number of carboxylic acid groups (broad SMARTS) is 1. The van der Waals surface area contributed by atoms with Gasteiger partial charge in [-0.15, -0.1) is 0 Å². The summed E-state index contributed by atoms with van der Waals surface area (Å²) in [6.07, 6.45) is 2.68. The number of hydrogen-bond acceptors (Lipinski definition) is 4. The molecule has 3 aromatic rings. The van der Waals surface area contributed by atoms with Gasteiger partial charge in [0.15, 0.2) is 11.5 Å². The third kappa shape index (κ3) is 5.02. The zero-order chi connectivity index (χ0) is 20.6. The van der Waals surface area contributed by atoms with Crippen LogP contribution in [0.25, 0.3) is 0 Å². The average Bonchev–Trinajstić information content (AvgIpc) is 2.76. The van der Waals surface area contributed by atoms with Gasteiger partial charge in [0.25, 0.3) is 0 Å². The standard InChI is InChI=1S/C24H23NO4/c1-3-18-7-4-5-9-21(18)25-15-20-8-6-10-22(28-2)23(20)29-16-17-11-13-19(14-12-17)24(26)27/h4-15H,3,16H2,1-2H3,(H,26,27). The van der Waals surface area contributed by atoms with Crippen molar-refractivity contribution in [1.82, 2.24) is 0 Å². The molecule has 0 aliphatic rings. The van der Waals surface area contributed by atoms with Gasteiger partial charge >= 0.3 is 5.97 Å². The van der Waals surface area contributed by atoms with Gasteiger partial charge in [-0.2, -0.15) is 0 Å². The quantitative estimate of drug-likeness (QED) is 0.532. The molecule has 0 aromatic heterocycles. The third-order valence-corrected chi connectivity index (χ3v) is 4.53. The molecule has 0 radical (unpaired) electrons. The molecule has 5 nitrogen and oxygen atoms in total. The van der Waals surface area contributed by atoms with E-state index in [-0.39, 0.29) is 12.2 Å². The Morgan fingerprint density at radius 2 is 1.79 bits per heavy atom. The first-order valence-corrected chi connectivity index (χ1v) is 9.36. The highest BCUT2D eigenvalue weighted by Crippen LogP contribution is 2.31. The molecule has 0 saturated carbocycles. The molecule has 1 N–H and O–H groups in total. The fourth-order valence-electron chi connectivity index (χ4n) is 2.92. The monoisotopic (exact) mass is 389 g/mol. The van der Waals surface area contributed by atoms with Crippen LogP contribution in [0.15, 0.2) is 71.7 Å². The molecule has 0 spiro atoms. The Morgan fingerprint density at radius 3 is 2.48 bits per heavy atom. The maximum atomic E-state index is 11.0. The van der Waals surface area contributed by atoms with Crippen LogP contribution in [0.3, 0.4) is 0 Å². The van der Waals surface area contributed by atoms with E-state index in [1.54, 1.807) is 37.6 Å². The lowest BCUT2D eigenvalue weighted by atomic mass is 10.1. The van der Waals surface area contributed by atoms with E-state index in [9.17, 15) is 4.79 Å². The second kappa shape index (κ2) is 9.55. The number of nitrogens with zero attached hydrogens (tertiary/aromatic N) is 1. The molecule has 0 atom stereocenters. The lowest BCUT2D eigenvalue weighted by molar-refractivity contribution is 0.0697. The molecule has 148 valence electrons. The summed E-state index contributed by atoms with van der Waals surface area (Å²) in [5.74, 6) is 0.253. The minimum absolute atomic E-state index is 0.244. The first-order valence-electron chi connectivity index (χ1n) is 9.36. The highest BCUT2D eigenvalue weighted by atomic mass is 16.5. The van der Waals surface area contributed by atoms with E-state index in [0.29, 0.717) is 11.5 Å². The van der Waals surface area contributed by atoms with Crippen molar-refractivity contribution in [3.8, 4) is 11.5 Å². The molecule has 0 heterocycles. The van der Waals surface area contributed by atoms with E-state index in [1.165, 1.54) is 5.56 Å². The largest absolute Gasteiger partial charge is 0.493 e. The molecule has 0 amide bonds. The van der Waals surface area contributed by atoms with Crippen molar-refractivity contribution in [2.24, 2.45) is 4.99 Å². The van der Waals surface area contributed by atoms with Gasteiger partial charge < -0.3 is 14.6 Å². The summed E-state index contributed by atoms with van der Waals surface area (Å²) >= 11 is 0. The van der Waals surface area contributed by atoms with Gasteiger partial charge in [-0.1, -0.05) is 43.3 Å². The number of aliphatic imine (C=N–C) groups is 1. The second-order valence-corrected chi connectivity index (χ2v) is 6.41. The molecule has 0 aliphatic heterocycles. The molecule has 0 saturated heterocycles. The van der Waals surface area contributed by atoms with Gasteiger partial charge in [0, 0.05) is 11.8 Å². The molecule has 0 bridgehead atoms. The number of rotatable bonds is 8. The highest BCUT2D eigenvalue weighted by Gasteiger charge is 2.10. The van der Waals surface area contributed by atoms with Crippen LogP contribution < -0.4 is 9.47 Å². The summed E-state index contributed by atoms with van der Waals surface area (Å²) in [5.41, 5.74) is 4.01. The van der Waals surface area contributed by atoms with Crippen LogP contribution in [-0.4, -0.2) is 24.4 Å². The van der Waals surface area contributed by atoms with Gasteiger partial charge in [-0.3, -0.25) is 4.99 Å². The Kier molecular flexibility index (Phi) is 6.63. The maximum Gasteiger partial charge on any atom is 0.335 e. The van der Waals surface area contributed by atoms with E-state index in [4.69, 9.17) is 14.6 Å². The number of para-hydroxylation sites is 2. The van der Waals surface area contributed by atoms with Crippen molar-refractivity contribution in [2.45, 2.75) is 20.0 Å². The molecule has 0 unspecified atom stereocenters. The number of methoxy groups -OCH3 is 1. The van der Waals surface area contributed by atoms with Crippen molar-refractivity contribution in [1.29, 1.82) is 0 Å². The van der Waals surface area contributed by atoms with Gasteiger partial charge in [0.05, 0.1) is 18.4 Å². The summed E-state index contributed by atoms with van der Waals surface area (Å²) in [7, 11) is 1.59. The zero-order valence-corrected chi connectivity index (χ0v) is 16.5. The number of aromatic carboxylic acids is 1. The average molecular weight is 389 g/mol. The van der Waals surface area contributed by atoms with E-state index >= 15 is 0 Å². The summed E-state index contributed by atoms with van der Waals surface area (Å²) in [5, 5.41) is 9.02. The topological polar surface area (TPSA) is 68.1 Å². The Hall–Kier alpha value is -3.60. The molecule has 29 heavy (non-hydrogen) atoms. The van der Waals surface area contributed by atoms with Crippen molar-refractivity contribution < 1.29 is 19.4 Å². The first-order chi connectivity index (χ1) is 14.1. The number of carbonyl (C=O) groups is 1. The lowest BCUT2D eigenvalue weighted by Gasteiger charge is -2.13. The summed E-state index contributed by atoms with van der Waals surface area (Å²) < 4.78 is 11.5. The SMILES string of the molecule is CCc1ccccc1N=Cc1cccc(OC)c1OCc1ccc(C(=O)O)cc1. The van der Waals surface area contributed by atoms with E-state index in [1.807, 2.05) is 36.4 Å². The predicted octanol–water partition coefficient (Wildman–Crippen LogP) is 5.29. The molecule has 3 rings (SSSR count). The minimum atomic E-state index is -0.951. The summed E-state index contributed by atoms with van der Waals surface area (Å²) in [6.45, 7) is 2.39. The molecule has 0 aliphatic carbocycles. The lowest BCUT2D eigenvalue weighted by Crippen LogP contribution is -2.02. The zero-order valence-electron chi connectivity index (χ0n) is 16.5. The Bertz CT molecular complexity index is 1010. The van der Waals surface area contributed by atoms with Crippen LogP contribution in [0.1, 0.15) is 34.0 Å². The highest BCUT2D eigenvalue weighted by molar-refractivity contribution is 5.88. The van der Waals surface area contributed by atoms with Crippen LogP contribution in [-0.2, 0) is 13.0 Å². The maximum absolute atomic E-state index is 11.0. The number of hydrogen-bond donors (Lipinski definition) is 1. The molecular weight excluding hydrogens is 366 g/mol. The predicted molar refractivity (Wildman–Crippen MR) is 114 cm³/mol. The van der Waals surface area contributed by atoms with Crippen LogP contribution in [0.2, 0.25) is 0 Å². The van der Waals surface area contributed by atoms with Gasteiger partial charge in [0.2, 0.25) is 0 Å². The van der Waals surface area contributed by atoms with Crippen molar-refractivity contribution in [3.05, 3.63) is 89.0 Å². The van der Waals surface area contributed by atoms with E-state index in [0.717, 1.165) is 23.2 Å². The third-order valence-electron chi connectivity index (χ3n) is 4.53. The molecule has 3 aromatic carbocycles. The molecule has 5 heteroatoms. The smallest absolute Gasteiger partial charge is 0.335 e. The van der Waals surface area contributed by atoms with Crippen molar-refractivity contribution >= 4 is 17.9 Å². The summed E-state index contributed by atoms with van der Waals surface area (Å²) in [6, 6.07) is 20.3.